The second-order valence-electron chi connectivity index (χ2n) is 11.3. The van der Waals surface area contributed by atoms with Gasteiger partial charge in [-0.1, -0.05) is 18.2 Å². The minimum atomic E-state index is -4.59. The number of aliphatic hydroxyl groups is 2. The summed E-state index contributed by atoms with van der Waals surface area (Å²) < 4.78 is 35.6. The highest BCUT2D eigenvalue weighted by atomic mass is 31.2. The summed E-state index contributed by atoms with van der Waals surface area (Å²) in [6, 6.07) is 12.0. The molecular weight excluding hydrogens is 635 g/mol. The number of phosphoric acid groups is 1. The first kappa shape index (κ1) is 32.8. The molecule has 6 rings (SSSR count). The van der Waals surface area contributed by atoms with Crippen molar-refractivity contribution in [3.8, 4) is 0 Å². The van der Waals surface area contributed by atoms with Crippen molar-refractivity contribution in [3.05, 3.63) is 78.1 Å². The number of anilines is 1. The number of carbonyl (C=O) groups excluding carboxylic acids is 2. The number of esters is 1. The molecule has 16 nitrogen and oxygen atoms in total. The number of imidazole rings is 1. The third-order valence-corrected chi connectivity index (χ3v) is 9.44. The molecule has 2 fully saturated rings. The SMILES string of the molecule is COC(=O)c1cc([C@@H]2C[C@H](CO)[C@H]2COP(=O)(O)OC[C@H]2O[C@@H](n3cnc4c(NC(=O)c5ccccc5)ncnc43)C[C@@H]2O)ccn1. The number of nitrogens with one attached hydrogen (secondary N) is 1. The number of pyridine rings is 1. The predicted molar refractivity (Wildman–Crippen MR) is 163 cm³/mol. The van der Waals surface area contributed by atoms with Crippen molar-refractivity contribution in [1.29, 1.82) is 0 Å². The Kier molecular flexibility index (Phi) is 9.70. The van der Waals surface area contributed by atoms with Crippen molar-refractivity contribution < 1.29 is 47.8 Å². The summed E-state index contributed by atoms with van der Waals surface area (Å²) >= 11 is 0. The van der Waals surface area contributed by atoms with Crippen molar-refractivity contribution >= 4 is 36.7 Å². The Labute approximate surface area is 268 Å². The minimum Gasteiger partial charge on any atom is -0.464 e. The number of carbonyl (C=O) groups is 2. The maximum Gasteiger partial charge on any atom is 0.472 e. The van der Waals surface area contributed by atoms with Gasteiger partial charge < -0.3 is 29.9 Å². The molecule has 1 unspecified atom stereocenters. The first-order chi connectivity index (χ1) is 22.7. The van der Waals surface area contributed by atoms with Crippen LogP contribution in [-0.2, 0) is 23.1 Å². The average Bonchev–Trinajstić information content (AvgIpc) is 3.67. The standard InChI is InChI=1S/C30H33N6O10P/c1-43-30(40)22-10-18(7-8-31-22)20-9-19(12-37)21(20)13-44-47(41,42)45-14-24-23(38)11-25(46-24)36-16-34-26-27(32-15-33-28(26)36)35-29(39)17-5-3-2-4-6-17/h2-8,10,15-16,19-21,23-25,37-38H,9,11-14H2,1H3,(H,41,42)(H,32,33,35,39)/t19-,20+,21-,23+,24-,25-/m1/s1. The topological polar surface area (TPSA) is 217 Å². The number of hydrogen-bond acceptors (Lipinski definition) is 13. The Bertz CT molecular complexity index is 1790. The molecule has 1 aliphatic carbocycles. The predicted octanol–water partition coefficient (Wildman–Crippen LogP) is 2.45. The van der Waals surface area contributed by atoms with E-state index in [1.165, 1.54) is 26.0 Å². The van der Waals surface area contributed by atoms with E-state index in [9.17, 15) is 29.3 Å². The van der Waals surface area contributed by atoms with E-state index >= 15 is 0 Å². The fraction of sp³-hybridized carbons (Fsp3) is 0.400. The summed E-state index contributed by atoms with van der Waals surface area (Å²) in [6.45, 7) is -0.787. The molecule has 3 aromatic heterocycles. The van der Waals surface area contributed by atoms with Gasteiger partial charge in [0.1, 0.15) is 24.4 Å². The molecule has 1 aromatic carbocycles. The number of amides is 1. The smallest absolute Gasteiger partial charge is 0.464 e. The number of ether oxygens (including phenoxy) is 2. The van der Waals surface area contributed by atoms with Crippen LogP contribution in [0.4, 0.5) is 5.82 Å². The lowest BCUT2D eigenvalue weighted by Gasteiger charge is -2.44. The van der Waals surface area contributed by atoms with Crippen molar-refractivity contribution in [2.45, 2.75) is 37.2 Å². The van der Waals surface area contributed by atoms with Crippen LogP contribution in [0.2, 0.25) is 0 Å². The molecule has 7 atom stereocenters. The summed E-state index contributed by atoms with van der Waals surface area (Å²) in [5.41, 5.74) is 2.00. The van der Waals surface area contributed by atoms with Crippen LogP contribution in [0, 0.1) is 11.8 Å². The molecule has 1 aliphatic heterocycles. The zero-order chi connectivity index (χ0) is 33.1. The highest BCUT2D eigenvalue weighted by Gasteiger charge is 2.44. The monoisotopic (exact) mass is 668 g/mol. The lowest BCUT2D eigenvalue weighted by Crippen LogP contribution is -2.40. The van der Waals surface area contributed by atoms with Gasteiger partial charge in [-0.25, -0.2) is 29.3 Å². The lowest BCUT2D eigenvalue weighted by atomic mass is 9.63. The second-order valence-corrected chi connectivity index (χ2v) is 12.7. The number of phosphoric ester groups is 1. The summed E-state index contributed by atoms with van der Waals surface area (Å²) in [4.78, 5) is 51.8. The van der Waals surface area contributed by atoms with Gasteiger partial charge in [0.15, 0.2) is 17.0 Å². The van der Waals surface area contributed by atoms with Crippen molar-refractivity contribution in [2.24, 2.45) is 11.8 Å². The van der Waals surface area contributed by atoms with Crippen LogP contribution >= 0.6 is 7.82 Å². The van der Waals surface area contributed by atoms with E-state index in [0.717, 1.165) is 5.56 Å². The maximum atomic E-state index is 12.8. The molecule has 4 heterocycles. The van der Waals surface area contributed by atoms with Gasteiger partial charge in [0.25, 0.3) is 5.91 Å². The molecular formula is C30H33N6O10P. The van der Waals surface area contributed by atoms with E-state index in [1.807, 2.05) is 0 Å². The van der Waals surface area contributed by atoms with Crippen LogP contribution < -0.4 is 5.32 Å². The largest absolute Gasteiger partial charge is 0.472 e. The highest BCUT2D eigenvalue weighted by Crippen LogP contribution is 2.51. The molecule has 1 amide bonds. The molecule has 2 aliphatic rings. The van der Waals surface area contributed by atoms with Crippen LogP contribution in [0.3, 0.4) is 0 Å². The van der Waals surface area contributed by atoms with E-state index in [0.29, 0.717) is 23.1 Å². The Hall–Kier alpha value is -4.15. The number of nitrogens with zero attached hydrogens (tertiary/aromatic N) is 5. The Morgan fingerprint density at radius 1 is 1.09 bits per heavy atom. The van der Waals surface area contributed by atoms with Crippen molar-refractivity contribution in [3.63, 3.8) is 0 Å². The fourth-order valence-electron chi connectivity index (χ4n) is 5.89. The molecule has 0 spiro atoms. The van der Waals surface area contributed by atoms with Crippen LogP contribution in [0.5, 0.6) is 0 Å². The normalized spacial score (nSPS) is 25.2. The van der Waals surface area contributed by atoms with Crippen LogP contribution in [0.15, 0.2) is 61.3 Å². The van der Waals surface area contributed by atoms with E-state index < -0.39 is 38.8 Å². The quantitative estimate of drug-likeness (QED) is 0.126. The van der Waals surface area contributed by atoms with Crippen LogP contribution in [-0.4, -0.2) is 90.6 Å². The Morgan fingerprint density at radius 3 is 2.64 bits per heavy atom. The third kappa shape index (κ3) is 7.09. The minimum absolute atomic E-state index is 0.104. The number of rotatable bonds is 12. The number of methoxy groups -OCH3 is 1. The summed E-state index contributed by atoms with van der Waals surface area (Å²) in [5, 5.41) is 23.2. The van der Waals surface area contributed by atoms with Crippen LogP contribution in [0.1, 0.15) is 51.4 Å². The maximum absolute atomic E-state index is 12.8. The van der Waals surface area contributed by atoms with Gasteiger partial charge in [0.05, 0.1) is 32.8 Å². The summed E-state index contributed by atoms with van der Waals surface area (Å²) in [5.74, 6) is -1.42. The molecule has 0 radical (unpaired) electrons. The Balaban J connectivity index is 1.05. The van der Waals surface area contributed by atoms with Crippen LogP contribution in [0.25, 0.3) is 11.2 Å². The number of aromatic nitrogens is 5. The van der Waals surface area contributed by atoms with Gasteiger partial charge in [0.2, 0.25) is 0 Å². The number of aliphatic hydroxyl groups excluding tert-OH is 2. The molecule has 248 valence electrons. The average molecular weight is 669 g/mol. The van der Waals surface area contributed by atoms with E-state index in [1.54, 1.807) is 47.0 Å². The first-order valence-electron chi connectivity index (χ1n) is 14.8. The molecule has 17 heteroatoms. The van der Waals surface area contributed by atoms with Gasteiger partial charge in [-0.2, -0.15) is 0 Å². The van der Waals surface area contributed by atoms with Gasteiger partial charge in [-0.15, -0.1) is 0 Å². The van der Waals surface area contributed by atoms with E-state index in [2.05, 4.69) is 25.3 Å². The molecule has 47 heavy (non-hydrogen) atoms. The fourth-order valence-corrected chi connectivity index (χ4v) is 6.66. The van der Waals surface area contributed by atoms with E-state index in [-0.39, 0.29) is 54.8 Å². The van der Waals surface area contributed by atoms with Crippen molar-refractivity contribution in [1.82, 2.24) is 24.5 Å². The molecule has 4 aromatic rings. The highest BCUT2D eigenvalue weighted by molar-refractivity contribution is 7.47. The second kappa shape index (κ2) is 13.9. The lowest BCUT2D eigenvalue weighted by molar-refractivity contribution is -0.0465. The number of hydrogen-bond donors (Lipinski definition) is 4. The number of fused-ring (bicyclic) bond motifs is 1. The molecule has 1 saturated heterocycles. The van der Waals surface area contributed by atoms with Gasteiger partial charge in [-0.05, 0) is 54.0 Å². The number of benzene rings is 1. The van der Waals surface area contributed by atoms with Gasteiger partial charge >= 0.3 is 13.8 Å². The van der Waals surface area contributed by atoms with Gasteiger partial charge in [-0.3, -0.25) is 18.4 Å². The summed E-state index contributed by atoms with van der Waals surface area (Å²) in [7, 11) is -3.34. The first-order valence-corrected chi connectivity index (χ1v) is 16.3. The van der Waals surface area contributed by atoms with Crippen molar-refractivity contribution in [2.75, 3.05) is 32.2 Å². The molecule has 1 saturated carbocycles. The molecule has 0 bridgehead atoms. The Morgan fingerprint density at radius 2 is 1.87 bits per heavy atom. The zero-order valence-electron chi connectivity index (χ0n) is 25.2. The summed E-state index contributed by atoms with van der Waals surface area (Å²) in [6.07, 6.45) is 2.12. The van der Waals surface area contributed by atoms with Gasteiger partial charge in [0, 0.05) is 24.8 Å². The van der Waals surface area contributed by atoms with E-state index in [4.69, 9.17) is 18.5 Å². The third-order valence-electron chi connectivity index (χ3n) is 8.49. The molecule has 4 N–H and O–H groups in total. The zero-order valence-corrected chi connectivity index (χ0v) is 26.1.